The van der Waals surface area contributed by atoms with Crippen LogP contribution in [0.4, 0.5) is 0 Å². The van der Waals surface area contributed by atoms with Crippen molar-refractivity contribution in [1.29, 1.82) is 0 Å². The van der Waals surface area contributed by atoms with Crippen LogP contribution in [0.15, 0.2) is 58.1 Å². The van der Waals surface area contributed by atoms with E-state index in [1.54, 1.807) is 0 Å². The fraction of sp³-hybridized carbons (Fsp3) is 0. The molecule has 0 spiro atoms. The summed E-state index contributed by atoms with van der Waals surface area (Å²) in [6.07, 6.45) is 6.38. The molecule has 2 aliphatic carbocycles. The van der Waals surface area contributed by atoms with Gasteiger partial charge >= 0.3 is 0 Å². The second-order valence-electron chi connectivity index (χ2n) is 3.46. The molecule has 2 rings (SSSR count). The lowest BCUT2D eigenvalue weighted by molar-refractivity contribution is -0.114. The molecule has 0 amide bonds. The summed E-state index contributed by atoms with van der Waals surface area (Å²) in [4.78, 5) is 44.7. The molecule has 0 aliphatic heterocycles. The summed E-state index contributed by atoms with van der Waals surface area (Å²) in [7, 11) is 0. The van der Waals surface area contributed by atoms with Crippen molar-refractivity contribution in [2.75, 3.05) is 0 Å². The number of azo groups is 1. The van der Waals surface area contributed by atoms with E-state index in [1.807, 2.05) is 0 Å². The van der Waals surface area contributed by atoms with Gasteiger partial charge in [-0.05, 0) is 24.3 Å². The molecule has 0 atom stereocenters. The van der Waals surface area contributed by atoms with E-state index in [4.69, 9.17) is 0 Å². The Morgan fingerprint density at radius 3 is 1.39 bits per heavy atom. The topological polar surface area (TPSA) is 93.0 Å². The van der Waals surface area contributed by atoms with Crippen LogP contribution in [0.5, 0.6) is 0 Å². The van der Waals surface area contributed by atoms with Gasteiger partial charge < -0.3 is 0 Å². The van der Waals surface area contributed by atoms with E-state index in [-0.39, 0.29) is 23.0 Å². The van der Waals surface area contributed by atoms with Crippen LogP contribution in [0.3, 0.4) is 0 Å². The van der Waals surface area contributed by atoms with Crippen molar-refractivity contribution in [1.82, 2.24) is 0 Å². The number of rotatable bonds is 2. The summed E-state index contributed by atoms with van der Waals surface area (Å²) in [5, 5.41) is 7.02. The van der Waals surface area contributed by atoms with E-state index in [2.05, 4.69) is 10.2 Å². The molecule has 0 saturated heterocycles. The number of hydrogen-bond donors (Lipinski definition) is 0. The van der Waals surface area contributed by atoms with Gasteiger partial charge in [-0.2, -0.15) is 0 Å². The van der Waals surface area contributed by atoms with Gasteiger partial charge in [-0.1, -0.05) is 0 Å². The summed E-state index contributed by atoms with van der Waals surface area (Å²) in [6, 6.07) is 0. The summed E-state index contributed by atoms with van der Waals surface area (Å²) in [5.41, 5.74) is -0.337. The predicted octanol–water partition coefficient (Wildman–Crippen LogP) is 0.622. The van der Waals surface area contributed by atoms with Gasteiger partial charge in [0.05, 0.1) is 0 Å². The molecule has 88 valence electrons. The molecule has 0 saturated carbocycles. The highest BCUT2D eigenvalue weighted by Crippen LogP contribution is 2.12. The molecule has 6 nitrogen and oxygen atoms in total. The Kier molecular flexibility index (Phi) is 3.01. The van der Waals surface area contributed by atoms with Crippen molar-refractivity contribution in [2.45, 2.75) is 0 Å². The van der Waals surface area contributed by atoms with E-state index < -0.39 is 11.6 Å². The fourth-order valence-electron chi connectivity index (χ4n) is 1.26. The average Bonchev–Trinajstić information content (AvgIpc) is 2.34. The molecule has 0 aromatic rings. The third-order valence-electron chi connectivity index (χ3n) is 2.13. The van der Waals surface area contributed by atoms with E-state index in [0.29, 0.717) is 0 Å². The van der Waals surface area contributed by atoms with E-state index >= 15 is 0 Å². The van der Waals surface area contributed by atoms with E-state index in [9.17, 15) is 19.2 Å². The number of nitrogens with zero attached hydrogens (tertiary/aromatic N) is 2. The van der Waals surface area contributed by atoms with Gasteiger partial charge in [0.2, 0.25) is 11.6 Å². The zero-order valence-corrected chi connectivity index (χ0v) is 8.99. The standard InChI is InChI=1S/C12H6N2O4/c15-7-1-3-11(17)9(5-7)13-14-10-6-8(16)2-4-12(10)18/h1-6H. The van der Waals surface area contributed by atoms with Crippen molar-refractivity contribution < 1.29 is 19.2 Å². The number of allylic oxidation sites excluding steroid dienone is 6. The van der Waals surface area contributed by atoms with Crippen LogP contribution in [0, 0.1) is 0 Å². The minimum absolute atomic E-state index is 0.168. The van der Waals surface area contributed by atoms with Crippen molar-refractivity contribution in [3.05, 3.63) is 47.9 Å². The zero-order valence-electron chi connectivity index (χ0n) is 8.99. The molecular weight excluding hydrogens is 236 g/mol. The van der Waals surface area contributed by atoms with Crippen LogP contribution in [-0.2, 0) is 19.2 Å². The second-order valence-corrected chi connectivity index (χ2v) is 3.46. The number of ketones is 4. The maximum atomic E-state index is 11.3. The quantitative estimate of drug-likeness (QED) is 0.524. The van der Waals surface area contributed by atoms with Gasteiger partial charge in [0, 0.05) is 12.2 Å². The molecule has 0 unspecified atom stereocenters. The van der Waals surface area contributed by atoms with Crippen LogP contribution >= 0.6 is 0 Å². The summed E-state index contributed by atoms with van der Waals surface area (Å²) >= 11 is 0. The van der Waals surface area contributed by atoms with Gasteiger partial charge in [0.1, 0.15) is 11.4 Å². The molecule has 0 aromatic carbocycles. The minimum atomic E-state index is -0.482. The zero-order chi connectivity index (χ0) is 13.1. The molecule has 0 heterocycles. The monoisotopic (exact) mass is 242 g/mol. The van der Waals surface area contributed by atoms with Gasteiger partial charge in [-0.3, -0.25) is 19.2 Å². The minimum Gasteiger partial charge on any atom is -0.290 e. The Labute approximate surface area is 101 Å². The third-order valence-corrected chi connectivity index (χ3v) is 2.13. The van der Waals surface area contributed by atoms with Gasteiger partial charge in [0.25, 0.3) is 0 Å². The molecule has 6 heteroatoms. The van der Waals surface area contributed by atoms with Crippen molar-refractivity contribution in [3.8, 4) is 0 Å². The molecule has 0 fully saturated rings. The SMILES string of the molecule is O=C1C=CC(=O)C(N=NC2=CC(=O)C=CC2=O)=C1. The van der Waals surface area contributed by atoms with Crippen LogP contribution in [0.2, 0.25) is 0 Å². The first-order valence-corrected chi connectivity index (χ1v) is 4.94. The lowest BCUT2D eigenvalue weighted by Gasteiger charge is -2.01. The maximum Gasteiger partial charge on any atom is 0.206 e. The maximum absolute atomic E-state index is 11.3. The Morgan fingerprint density at radius 1 is 0.611 bits per heavy atom. The average molecular weight is 242 g/mol. The second kappa shape index (κ2) is 4.62. The first-order valence-electron chi connectivity index (χ1n) is 4.94. The molecule has 18 heavy (non-hydrogen) atoms. The molecular formula is C12H6N2O4. The van der Waals surface area contributed by atoms with E-state index in [0.717, 1.165) is 36.5 Å². The van der Waals surface area contributed by atoms with Crippen LogP contribution in [0.1, 0.15) is 0 Å². The molecule has 0 bridgehead atoms. The van der Waals surface area contributed by atoms with Gasteiger partial charge in [0.15, 0.2) is 11.6 Å². The third kappa shape index (κ3) is 2.49. The highest BCUT2D eigenvalue weighted by atomic mass is 16.1. The highest BCUT2D eigenvalue weighted by molar-refractivity contribution is 6.18. The number of carbonyl (C=O) groups is 4. The molecule has 2 aliphatic rings. The Hall–Kier alpha value is -2.76. The number of carbonyl (C=O) groups excluding carboxylic acids is 4. The van der Waals surface area contributed by atoms with Gasteiger partial charge in [-0.15, -0.1) is 10.2 Å². The number of hydrogen-bond acceptors (Lipinski definition) is 6. The smallest absolute Gasteiger partial charge is 0.206 e. The predicted molar refractivity (Wildman–Crippen MR) is 59.3 cm³/mol. The first kappa shape index (κ1) is 11.7. The van der Waals surface area contributed by atoms with Crippen molar-refractivity contribution >= 4 is 23.1 Å². The van der Waals surface area contributed by atoms with Crippen LogP contribution < -0.4 is 0 Å². The van der Waals surface area contributed by atoms with Crippen molar-refractivity contribution in [3.63, 3.8) is 0 Å². The largest absolute Gasteiger partial charge is 0.290 e. The summed E-state index contributed by atoms with van der Waals surface area (Å²) in [5.74, 6) is -1.74. The van der Waals surface area contributed by atoms with Crippen molar-refractivity contribution in [2.24, 2.45) is 10.2 Å². The molecule has 0 radical (unpaired) electrons. The first-order chi connectivity index (χ1) is 8.56. The Balaban J connectivity index is 2.22. The lowest BCUT2D eigenvalue weighted by atomic mass is 10.1. The lowest BCUT2D eigenvalue weighted by Crippen LogP contribution is -2.07. The molecule has 0 N–H and O–H groups in total. The Bertz CT molecular complexity index is 564. The van der Waals surface area contributed by atoms with Crippen LogP contribution in [-0.4, -0.2) is 23.1 Å². The van der Waals surface area contributed by atoms with Crippen LogP contribution in [0.25, 0.3) is 0 Å². The van der Waals surface area contributed by atoms with E-state index in [1.165, 1.54) is 0 Å². The fourth-order valence-corrected chi connectivity index (χ4v) is 1.26. The summed E-state index contributed by atoms with van der Waals surface area (Å²) in [6.45, 7) is 0. The van der Waals surface area contributed by atoms with Gasteiger partial charge in [-0.25, -0.2) is 0 Å². The normalized spacial score (nSPS) is 19.6. The highest BCUT2D eigenvalue weighted by Gasteiger charge is 2.15. The summed E-state index contributed by atoms with van der Waals surface area (Å²) < 4.78 is 0. The Morgan fingerprint density at radius 2 is 1.00 bits per heavy atom. The molecule has 0 aromatic heterocycles.